The van der Waals surface area contributed by atoms with Crippen molar-refractivity contribution in [2.24, 2.45) is 0 Å². The van der Waals surface area contributed by atoms with Gasteiger partial charge in [-0.25, -0.2) is 4.98 Å². The molecule has 0 N–H and O–H groups in total. The number of aromatic nitrogens is 7. The van der Waals surface area contributed by atoms with Crippen molar-refractivity contribution in [2.45, 2.75) is 6.54 Å². The summed E-state index contributed by atoms with van der Waals surface area (Å²) in [5.74, 6) is 0.742. The Hall–Kier alpha value is -3.66. The van der Waals surface area contributed by atoms with Crippen LogP contribution >= 0.6 is 15.9 Å². The molecule has 0 spiro atoms. The maximum Gasteiger partial charge on any atom is 0.284 e. The van der Waals surface area contributed by atoms with E-state index in [0.29, 0.717) is 17.4 Å². The monoisotopic (exact) mass is 449 g/mol. The first-order chi connectivity index (χ1) is 14.2. The van der Waals surface area contributed by atoms with Crippen molar-refractivity contribution in [3.8, 4) is 17.1 Å². The minimum Gasteiger partial charge on any atom is -0.337 e. The van der Waals surface area contributed by atoms with Crippen molar-refractivity contribution >= 4 is 27.1 Å². The van der Waals surface area contributed by atoms with E-state index in [0.717, 1.165) is 15.7 Å². The molecule has 5 aromatic rings. The minimum atomic E-state index is -0.333. The molecule has 0 radical (unpaired) electrons. The van der Waals surface area contributed by atoms with E-state index in [1.165, 1.54) is 15.6 Å². The molecule has 0 unspecified atom stereocenters. The summed E-state index contributed by atoms with van der Waals surface area (Å²) in [5, 5.41) is 12.0. The molecule has 10 heteroatoms. The van der Waals surface area contributed by atoms with Crippen molar-refractivity contribution in [1.29, 1.82) is 0 Å². The van der Waals surface area contributed by atoms with Crippen LogP contribution in [0.2, 0.25) is 0 Å². The van der Waals surface area contributed by atoms with Gasteiger partial charge in [0.05, 0.1) is 5.69 Å². The van der Waals surface area contributed by atoms with Crippen molar-refractivity contribution in [2.75, 3.05) is 0 Å². The third-order valence-corrected chi connectivity index (χ3v) is 4.83. The Bertz CT molecular complexity index is 1360. The average Bonchev–Trinajstić information content (AvgIpc) is 3.39. The van der Waals surface area contributed by atoms with Gasteiger partial charge in [-0.2, -0.15) is 9.67 Å². The summed E-state index contributed by atoms with van der Waals surface area (Å²) >= 11 is 3.39. The van der Waals surface area contributed by atoms with Crippen LogP contribution in [0.15, 0.2) is 74.7 Å². The molecule has 0 aliphatic heterocycles. The van der Waals surface area contributed by atoms with Gasteiger partial charge in [-0.05, 0) is 36.4 Å². The highest BCUT2D eigenvalue weighted by Gasteiger charge is 2.15. The molecular formula is C19H12BrN7O2. The van der Waals surface area contributed by atoms with Crippen LogP contribution in [0, 0.1) is 0 Å². The normalized spacial score (nSPS) is 11.2. The lowest BCUT2D eigenvalue weighted by molar-refractivity contribution is 0.369. The lowest BCUT2D eigenvalue weighted by Gasteiger charge is -2.02. The summed E-state index contributed by atoms with van der Waals surface area (Å²) in [7, 11) is 0. The van der Waals surface area contributed by atoms with Crippen molar-refractivity contribution in [1.82, 2.24) is 34.7 Å². The van der Waals surface area contributed by atoms with E-state index < -0.39 is 0 Å². The Morgan fingerprint density at radius 1 is 1.03 bits per heavy atom. The van der Waals surface area contributed by atoms with Crippen LogP contribution in [0.1, 0.15) is 5.89 Å². The lowest BCUT2D eigenvalue weighted by atomic mass is 10.2. The Morgan fingerprint density at radius 3 is 2.62 bits per heavy atom. The van der Waals surface area contributed by atoms with E-state index in [1.54, 1.807) is 0 Å². The number of hydrogen-bond acceptors (Lipinski definition) is 7. The summed E-state index contributed by atoms with van der Waals surface area (Å²) in [5.41, 5.74) is 1.81. The molecule has 2 aromatic carbocycles. The van der Waals surface area contributed by atoms with E-state index in [2.05, 4.69) is 41.4 Å². The Kier molecular flexibility index (Phi) is 4.24. The van der Waals surface area contributed by atoms with Gasteiger partial charge >= 0.3 is 0 Å². The van der Waals surface area contributed by atoms with Crippen LogP contribution in [0.4, 0.5) is 0 Å². The van der Waals surface area contributed by atoms with Gasteiger partial charge in [0.2, 0.25) is 11.7 Å². The minimum absolute atomic E-state index is 0.0868. The average molecular weight is 450 g/mol. The standard InChI is InChI=1S/C19H12BrN7O2/c20-13-8-6-12(7-9-13)17-22-15(29-24-17)10-26-11-21-18-16(19(26)28)23-25-27(18)14-4-2-1-3-5-14/h1-9,11H,10H2. The quantitative estimate of drug-likeness (QED) is 0.415. The van der Waals surface area contributed by atoms with Gasteiger partial charge in [-0.1, -0.05) is 44.5 Å². The van der Waals surface area contributed by atoms with Gasteiger partial charge in [-0.15, -0.1) is 5.10 Å². The highest BCUT2D eigenvalue weighted by molar-refractivity contribution is 9.10. The number of fused-ring (bicyclic) bond motifs is 1. The van der Waals surface area contributed by atoms with Crippen LogP contribution in [-0.2, 0) is 6.54 Å². The highest BCUT2D eigenvalue weighted by Crippen LogP contribution is 2.19. The zero-order valence-electron chi connectivity index (χ0n) is 14.8. The summed E-state index contributed by atoms with van der Waals surface area (Å²) in [6, 6.07) is 16.9. The number of hydrogen-bond donors (Lipinski definition) is 0. The summed E-state index contributed by atoms with van der Waals surface area (Å²) in [6.07, 6.45) is 1.43. The third-order valence-electron chi connectivity index (χ3n) is 4.31. The molecule has 142 valence electrons. The number of halogens is 1. The van der Waals surface area contributed by atoms with Crippen molar-refractivity contribution in [3.05, 3.63) is 81.6 Å². The number of para-hydroxylation sites is 1. The predicted molar refractivity (Wildman–Crippen MR) is 107 cm³/mol. The zero-order valence-corrected chi connectivity index (χ0v) is 16.4. The molecule has 0 fully saturated rings. The molecule has 3 heterocycles. The molecule has 0 saturated carbocycles. The first-order valence-electron chi connectivity index (χ1n) is 8.64. The summed E-state index contributed by atoms with van der Waals surface area (Å²) in [6.45, 7) is 0.0868. The molecule has 0 amide bonds. The SMILES string of the molecule is O=c1c2nnn(-c3ccccc3)c2ncn1Cc1nc(-c2ccc(Br)cc2)no1. The number of rotatable bonds is 4. The third kappa shape index (κ3) is 3.23. The van der Waals surface area contributed by atoms with Crippen LogP contribution in [0.5, 0.6) is 0 Å². The van der Waals surface area contributed by atoms with Gasteiger partial charge < -0.3 is 4.52 Å². The van der Waals surface area contributed by atoms with E-state index in [4.69, 9.17) is 4.52 Å². The van der Waals surface area contributed by atoms with Crippen LogP contribution in [0.3, 0.4) is 0 Å². The molecule has 3 aromatic heterocycles. The number of benzene rings is 2. The summed E-state index contributed by atoms with van der Waals surface area (Å²) in [4.78, 5) is 21.5. The van der Waals surface area contributed by atoms with Crippen molar-refractivity contribution in [3.63, 3.8) is 0 Å². The molecule has 0 aliphatic carbocycles. The zero-order chi connectivity index (χ0) is 19.8. The van der Waals surface area contributed by atoms with Gasteiger partial charge in [0.15, 0.2) is 11.2 Å². The van der Waals surface area contributed by atoms with E-state index >= 15 is 0 Å². The molecular weight excluding hydrogens is 438 g/mol. The van der Waals surface area contributed by atoms with E-state index in [9.17, 15) is 4.79 Å². The second kappa shape index (κ2) is 7.06. The molecule has 0 saturated heterocycles. The Morgan fingerprint density at radius 2 is 1.83 bits per heavy atom. The Balaban J connectivity index is 1.47. The second-order valence-corrected chi connectivity index (χ2v) is 7.12. The second-order valence-electron chi connectivity index (χ2n) is 6.21. The van der Waals surface area contributed by atoms with Crippen LogP contribution in [-0.4, -0.2) is 34.7 Å². The first kappa shape index (κ1) is 17.4. The molecule has 5 rings (SSSR count). The molecule has 9 nitrogen and oxygen atoms in total. The summed E-state index contributed by atoms with van der Waals surface area (Å²) < 4.78 is 9.14. The highest BCUT2D eigenvalue weighted by atomic mass is 79.9. The Labute approximate surface area is 171 Å². The van der Waals surface area contributed by atoms with Crippen molar-refractivity contribution < 1.29 is 4.52 Å². The lowest BCUT2D eigenvalue weighted by Crippen LogP contribution is -2.21. The van der Waals surface area contributed by atoms with Gasteiger partial charge in [0, 0.05) is 10.0 Å². The van der Waals surface area contributed by atoms with E-state index in [-0.39, 0.29) is 17.6 Å². The molecule has 29 heavy (non-hydrogen) atoms. The molecule has 0 aliphatic rings. The number of nitrogens with zero attached hydrogens (tertiary/aromatic N) is 7. The molecule has 0 bridgehead atoms. The largest absolute Gasteiger partial charge is 0.337 e. The first-order valence-corrected chi connectivity index (χ1v) is 9.43. The fourth-order valence-corrected chi connectivity index (χ4v) is 3.15. The van der Waals surface area contributed by atoms with Gasteiger partial charge in [0.25, 0.3) is 5.56 Å². The van der Waals surface area contributed by atoms with Crippen LogP contribution in [0.25, 0.3) is 28.2 Å². The maximum atomic E-state index is 12.8. The predicted octanol–water partition coefficient (Wildman–Crippen LogP) is 2.84. The fraction of sp³-hybridized carbons (Fsp3) is 0.0526. The smallest absolute Gasteiger partial charge is 0.284 e. The van der Waals surface area contributed by atoms with Crippen LogP contribution < -0.4 is 5.56 Å². The van der Waals surface area contributed by atoms with Gasteiger partial charge in [0.1, 0.15) is 12.9 Å². The van der Waals surface area contributed by atoms with E-state index in [1.807, 2.05) is 54.6 Å². The topological polar surface area (TPSA) is 105 Å². The fourth-order valence-electron chi connectivity index (χ4n) is 2.88. The maximum absolute atomic E-state index is 12.8. The van der Waals surface area contributed by atoms with Gasteiger partial charge in [-0.3, -0.25) is 9.36 Å². The molecule has 0 atom stereocenters.